The van der Waals surface area contributed by atoms with Crippen LogP contribution in [-0.4, -0.2) is 120 Å². The van der Waals surface area contributed by atoms with Gasteiger partial charge in [0.15, 0.2) is 0 Å². The van der Waals surface area contributed by atoms with Gasteiger partial charge in [-0.2, -0.15) is 74.6 Å². The van der Waals surface area contributed by atoms with Crippen molar-refractivity contribution < 1.29 is 99.2 Å². The van der Waals surface area contributed by atoms with Gasteiger partial charge in [0.2, 0.25) is 0 Å². The first-order valence-corrected chi connectivity index (χ1v) is 13.3. The summed E-state index contributed by atoms with van der Waals surface area (Å²) < 4.78 is 231. The zero-order valence-corrected chi connectivity index (χ0v) is 24.1. The summed E-state index contributed by atoms with van der Waals surface area (Å²) in [6.07, 6.45) is -12.2. The fourth-order valence-electron chi connectivity index (χ4n) is 4.29. The molecule has 0 radical (unpaired) electrons. The SMILES string of the molecule is CC1CCC(NC(=O)OCCC(F)(F)C(F)(F)C(F)(F)C(F)(F)C(F)(F)C(F)(F)C(F)(F)C(F)(F)F)CC1NC(=O)N(CCO)CCO. The molecule has 0 aromatic carbocycles. The molecular weight excluding hydrogens is 721 g/mol. The molecule has 4 N–H and O–H groups in total. The molecule has 0 aromatic heterocycles. The van der Waals surface area contributed by atoms with Gasteiger partial charge in [-0.05, 0) is 25.2 Å². The number of carbonyl (C=O) groups is 2. The van der Waals surface area contributed by atoms with Crippen molar-refractivity contribution in [1.82, 2.24) is 15.5 Å². The smallest absolute Gasteiger partial charge is 0.449 e. The van der Waals surface area contributed by atoms with E-state index in [-0.39, 0.29) is 38.3 Å². The average Bonchev–Trinajstić information content (AvgIpc) is 2.93. The summed E-state index contributed by atoms with van der Waals surface area (Å²) in [5.74, 6) is -57.5. The number of carbonyl (C=O) groups excluding carboxylic acids is 2. The number of aliphatic hydroxyl groups excluding tert-OH is 2. The van der Waals surface area contributed by atoms with Crippen LogP contribution < -0.4 is 10.6 Å². The minimum Gasteiger partial charge on any atom is -0.449 e. The van der Waals surface area contributed by atoms with Gasteiger partial charge in [-0.25, -0.2) is 9.59 Å². The van der Waals surface area contributed by atoms with Gasteiger partial charge in [0.1, 0.15) is 0 Å². The molecule has 1 fully saturated rings. The number of halogens is 17. The molecule has 48 heavy (non-hydrogen) atoms. The molecule has 0 heterocycles. The van der Waals surface area contributed by atoms with E-state index in [9.17, 15) is 84.2 Å². The Kier molecular flexibility index (Phi) is 13.2. The van der Waals surface area contributed by atoms with Crippen LogP contribution in [0.15, 0.2) is 0 Å². The van der Waals surface area contributed by atoms with Gasteiger partial charge in [-0.3, -0.25) is 0 Å². The summed E-state index contributed by atoms with van der Waals surface area (Å²) in [7, 11) is 0. The van der Waals surface area contributed by atoms with Gasteiger partial charge in [-0.1, -0.05) is 6.92 Å². The third kappa shape index (κ3) is 8.01. The normalized spacial score (nSPS) is 20.7. The van der Waals surface area contributed by atoms with Crippen LogP contribution in [0, 0.1) is 5.92 Å². The van der Waals surface area contributed by atoms with Gasteiger partial charge < -0.3 is 30.5 Å². The Labute approximate surface area is 258 Å². The van der Waals surface area contributed by atoms with Crippen LogP contribution in [0.2, 0.25) is 0 Å². The fraction of sp³-hybridized carbons (Fsp3) is 0.913. The highest BCUT2D eigenvalue weighted by Gasteiger charge is 2.95. The minimum absolute atomic E-state index is 0.101. The van der Waals surface area contributed by atoms with Crippen molar-refractivity contribution in [3.8, 4) is 0 Å². The number of rotatable bonds is 15. The van der Waals surface area contributed by atoms with Gasteiger partial charge in [0.05, 0.1) is 26.2 Å². The quantitative estimate of drug-likeness (QED) is 0.162. The van der Waals surface area contributed by atoms with E-state index in [1.54, 1.807) is 6.92 Å². The zero-order chi connectivity index (χ0) is 37.9. The van der Waals surface area contributed by atoms with E-state index in [0.29, 0.717) is 0 Å². The Morgan fingerprint density at radius 1 is 0.688 bits per heavy atom. The van der Waals surface area contributed by atoms with E-state index in [2.05, 4.69) is 10.1 Å². The number of amides is 3. The second-order valence-corrected chi connectivity index (χ2v) is 10.7. The zero-order valence-electron chi connectivity index (χ0n) is 24.1. The van der Waals surface area contributed by atoms with E-state index < -0.39 is 98.1 Å². The third-order valence-electron chi connectivity index (χ3n) is 7.29. The monoisotopic (exact) mass is 749 g/mol. The number of hydrogen-bond donors (Lipinski definition) is 4. The van der Waals surface area contributed by atoms with Crippen molar-refractivity contribution in [2.75, 3.05) is 32.9 Å². The Morgan fingerprint density at radius 2 is 1.12 bits per heavy atom. The maximum absolute atomic E-state index is 14.0. The molecule has 25 heteroatoms. The molecule has 1 aliphatic rings. The van der Waals surface area contributed by atoms with E-state index in [1.807, 2.05) is 5.32 Å². The van der Waals surface area contributed by atoms with Crippen LogP contribution in [0.4, 0.5) is 84.2 Å². The van der Waals surface area contributed by atoms with Crippen LogP contribution in [0.5, 0.6) is 0 Å². The van der Waals surface area contributed by atoms with Crippen molar-refractivity contribution in [3.63, 3.8) is 0 Å². The van der Waals surface area contributed by atoms with Crippen LogP contribution in [0.25, 0.3) is 0 Å². The largest absolute Gasteiger partial charge is 0.460 e. The number of nitrogens with zero attached hydrogens (tertiary/aromatic N) is 1. The molecule has 3 unspecified atom stereocenters. The highest BCUT2D eigenvalue weighted by atomic mass is 19.4. The molecule has 0 saturated heterocycles. The maximum atomic E-state index is 14.0. The van der Waals surface area contributed by atoms with Crippen molar-refractivity contribution in [1.29, 1.82) is 0 Å². The summed E-state index contributed by atoms with van der Waals surface area (Å²) in [5.41, 5.74) is 0. The maximum Gasteiger partial charge on any atom is 0.460 e. The minimum atomic E-state index is -8.73. The Bertz CT molecular complexity index is 1100. The Hall–Kier alpha value is -2.73. The summed E-state index contributed by atoms with van der Waals surface area (Å²) in [4.78, 5) is 25.4. The van der Waals surface area contributed by atoms with E-state index in [1.165, 1.54) is 0 Å². The Balaban J connectivity index is 3.00. The van der Waals surface area contributed by atoms with E-state index in [0.717, 1.165) is 4.90 Å². The number of alkyl carbamates (subject to hydrolysis) is 1. The molecule has 3 atom stereocenters. The standard InChI is InChI=1S/C23H28F17N3O5/c1-11-2-3-12(10-13(11)42-14(46)43(5-7-44)6-8-45)41-15(47)48-9-4-16(24,25)17(26,27)18(28,29)19(30,31)20(32,33)21(34,35)22(36,37)23(38,39)40/h11-13,44-45H,2-10H2,1H3,(H,41,47)(H,42,46). The van der Waals surface area contributed by atoms with Crippen LogP contribution in [0.3, 0.4) is 0 Å². The average molecular weight is 749 g/mol. The molecule has 8 nitrogen and oxygen atoms in total. The predicted molar refractivity (Wildman–Crippen MR) is 125 cm³/mol. The highest BCUT2D eigenvalue weighted by molar-refractivity contribution is 5.74. The van der Waals surface area contributed by atoms with Crippen molar-refractivity contribution in [2.24, 2.45) is 5.92 Å². The number of urea groups is 1. The molecule has 1 saturated carbocycles. The molecule has 0 bridgehead atoms. The Morgan fingerprint density at radius 3 is 1.56 bits per heavy atom. The van der Waals surface area contributed by atoms with E-state index in [4.69, 9.17) is 10.2 Å². The second kappa shape index (κ2) is 14.6. The number of aliphatic hydroxyl groups is 2. The fourth-order valence-corrected chi connectivity index (χ4v) is 4.29. The number of ether oxygens (including phenoxy) is 1. The van der Waals surface area contributed by atoms with E-state index >= 15 is 0 Å². The van der Waals surface area contributed by atoms with Gasteiger partial charge in [0.25, 0.3) is 0 Å². The molecule has 0 aromatic rings. The first-order chi connectivity index (χ1) is 21.4. The van der Waals surface area contributed by atoms with Crippen molar-refractivity contribution >= 4 is 12.1 Å². The van der Waals surface area contributed by atoms with Crippen molar-refractivity contribution in [2.45, 2.75) is 92.3 Å². The molecule has 1 aliphatic carbocycles. The topological polar surface area (TPSA) is 111 Å². The molecule has 3 amide bonds. The first kappa shape index (κ1) is 43.3. The summed E-state index contributed by atoms with van der Waals surface area (Å²) in [5, 5.41) is 22.6. The number of hydrogen-bond acceptors (Lipinski definition) is 5. The van der Waals surface area contributed by atoms with Gasteiger partial charge in [0, 0.05) is 25.2 Å². The summed E-state index contributed by atoms with van der Waals surface area (Å²) >= 11 is 0. The first-order valence-electron chi connectivity index (χ1n) is 13.3. The lowest BCUT2D eigenvalue weighted by Gasteiger charge is -2.42. The lowest BCUT2D eigenvalue weighted by Crippen LogP contribution is -2.74. The third-order valence-corrected chi connectivity index (χ3v) is 7.29. The lowest BCUT2D eigenvalue weighted by atomic mass is 9.83. The summed E-state index contributed by atoms with van der Waals surface area (Å²) in [6.45, 7) is -1.75. The molecule has 1 rings (SSSR count). The van der Waals surface area contributed by atoms with Crippen LogP contribution in [-0.2, 0) is 4.74 Å². The van der Waals surface area contributed by atoms with Gasteiger partial charge in [-0.15, -0.1) is 0 Å². The molecule has 284 valence electrons. The number of alkyl halides is 17. The molecule has 0 aliphatic heterocycles. The lowest BCUT2D eigenvalue weighted by molar-refractivity contribution is -0.461. The van der Waals surface area contributed by atoms with Crippen LogP contribution in [0.1, 0.15) is 32.6 Å². The molecular formula is C23H28F17N3O5. The summed E-state index contributed by atoms with van der Waals surface area (Å²) in [6, 6.07) is -2.42. The van der Waals surface area contributed by atoms with Crippen molar-refractivity contribution in [3.05, 3.63) is 0 Å². The molecule has 0 spiro atoms. The highest BCUT2D eigenvalue weighted by Crippen LogP contribution is 2.64. The van der Waals surface area contributed by atoms with Crippen LogP contribution >= 0.6 is 0 Å². The predicted octanol–water partition coefficient (Wildman–Crippen LogP) is 5.67. The number of nitrogens with one attached hydrogen (secondary N) is 2. The van der Waals surface area contributed by atoms with Gasteiger partial charge >= 0.3 is 59.8 Å². The second-order valence-electron chi connectivity index (χ2n) is 10.7.